The Morgan fingerprint density at radius 3 is 2.52 bits per heavy atom. The predicted octanol–water partition coefficient (Wildman–Crippen LogP) is 1.35. The lowest BCUT2D eigenvalue weighted by Gasteiger charge is -2.25. The molecular weight excluding hydrogens is 412 g/mol. The van der Waals surface area contributed by atoms with Gasteiger partial charge in [-0.15, -0.1) is 0 Å². The fraction of sp³-hybridized carbons (Fsp3) is 0.632. The van der Waals surface area contributed by atoms with Gasteiger partial charge in [-0.2, -0.15) is 11.8 Å². The maximum absolute atomic E-state index is 12.5. The second-order valence-electron chi connectivity index (χ2n) is 6.51. The van der Waals surface area contributed by atoms with Gasteiger partial charge in [-0.05, 0) is 31.2 Å². The molecule has 1 aromatic carbocycles. The molecule has 0 amide bonds. The summed E-state index contributed by atoms with van der Waals surface area (Å²) in [5.74, 6) is 3.99. The number of benzene rings is 1. The van der Waals surface area contributed by atoms with E-state index in [1.807, 2.05) is 43.1 Å². The Morgan fingerprint density at radius 1 is 1.24 bits per heavy atom. The zero-order valence-electron chi connectivity index (χ0n) is 17.5. The highest BCUT2D eigenvalue weighted by Gasteiger charge is 2.23. The van der Waals surface area contributed by atoms with Crippen molar-refractivity contribution < 1.29 is 17.9 Å². The van der Waals surface area contributed by atoms with Crippen LogP contribution in [0, 0.1) is 0 Å². The Balaban J connectivity index is 1.82. The second kappa shape index (κ2) is 12.1. The minimum Gasteiger partial charge on any atom is -0.497 e. The summed E-state index contributed by atoms with van der Waals surface area (Å²) in [6, 6.07) is 7.43. The molecule has 164 valence electrons. The molecule has 0 saturated carbocycles. The van der Waals surface area contributed by atoms with Gasteiger partial charge in [0, 0.05) is 38.2 Å². The maximum Gasteiger partial charge on any atom is 0.215 e. The van der Waals surface area contributed by atoms with Crippen molar-refractivity contribution in [3.05, 3.63) is 24.3 Å². The summed E-state index contributed by atoms with van der Waals surface area (Å²) in [7, 11) is 0.293. The summed E-state index contributed by atoms with van der Waals surface area (Å²) in [5, 5.41) is 3.20. The van der Waals surface area contributed by atoms with Gasteiger partial charge in [0.05, 0.1) is 26.0 Å². The highest BCUT2D eigenvalue weighted by molar-refractivity contribution is 7.99. The zero-order valence-corrected chi connectivity index (χ0v) is 19.1. The third-order valence-corrected chi connectivity index (χ3v) is 7.22. The first kappa shape index (κ1) is 23.6. The van der Waals surface area contributed by atoms with E-state index in [2.05, 4.69) is 10.3 Å². The molecule has 0 aliphatic carbocycles. The quantitative estimate of drug-likeness (QED) is 0.431. The van der Waals surface area contributed by atoms with Crippen LogP contribution in [0.2, 0.25) is 0 Å². The number of nitrogens with one attached hydrogen (secondary N) is 1. The molecule has 10 heteroatoms. The fourth-order valence-corrected chi connectivity index (χ4v) is 5.22. The summed E-state index contributed by atoms with van der Waals surface area (Å²) in [5.41, 5.74) is 0. The number of ether oxygens (including phenoxy) is 2. The number of rotatable bonds is 10. The number of guanidine groups is 1. The van der Waals surface area contributed by atoms with Crippen molar-refractivity contribution in [1.29, 1.82) is 0 Å². The van der Waals surface area contributed by atoms with Crippen LogP contribution in [0.1, 0.15) is 6.92 Å². The van der Waals surface area contributed by atoms with E-state index in [4.69, 9.17) is 9.47 Å². The lowest BCUT2D eigenvalue weighted by Crippen LogP contribution is -2.42. The van der Waals surface area contributed by atoms with Crippen LogP contribution >= 0.6 is 11.8 Å². The van der Waals surface area contributed by atoms with Crippen LogP contribution in [-0.2, 0) is 10.0 Å². The van der Waals surface area contributed by atoms with Gasteiger partial charge in [0.1, 0.15) is 18.1 Å². The van der Waals surface area contributed by atoms with Crippen molar-refractivity contribution in [2.24, 2.45) is 4.99 Å². The minimum absolute atomic E-state index is 0.0305. The van der Waals surface area contributed by atoms with Gasteiger partial charge in [0.2, 0.25) is 10.0 Å². The Kier molecular flexibility index (Phi) is 9.89. The minimum atomic E-state index is -3.25. The fourth-order valence-electron chi connectivity index (χ4n) is 2.77. The molecule has 0 unspecified atom stereocenters. The van der Waals surface area contributed by atoms with E-state index >= 15 is 0 Å². The molecule has 0 spiro atoms. The van der Waals surface area contributed by atoms with Crippen LogP contribution in [0.5, 0.6) is 11.5 Å². The Labute approximate surface area is 178 Å². The first-order valence-electron chi connectivity index (χ1n) is 9.78. The van der Waals surface area contributed by atoms with Gasteiger partial charge >= 0.3 is 0 Å². The molecule has 1 heterocycles. The summed E-state index contributed by atoms with van der Waals surface area (Å²) >= 11 is 1.79. The lowest BCUT2D eigenvalue weighted by molar-refractivity contribution is 0.281. The molecule has 0 radical (unpaired) electrons. The average Bonchev–Trinajstić information content (AvgIpc) is 2.74. The monoisotopic (exact) mass is 444 g/mol. The van der Waals surface area contributed by atoms with Crippen LogP contribution in [0.25, 0.3) is 0 Å². The largest absolute Gasteiger partial charge is 0.497 e. The van der Waals surface area contributed by atoms with Crippen molar-refractivity contribution in [2.45, 2.75) is 6.92 Å². The van der Waals surface area contributed by atoms with Gasteiger partial charge < -0.3 is 19.7 Å². The molecule has 1 N–H and O–H groups in total. The van der Waals surface area contributed by atoms with Crippen LogP contribution in [0.3, 0.4) is 0 Å². The molecule has 0 atom stereocenters. The number of hydrogen-bond donors (Lipinski definition) is 1. The summed E-state index contributed by atoms with van der Waals surface area (Å²) in [6.45, 7) is 5.22. The predicted molar refractivity (Wildman–Crippen MR) is 120 cm³/mol. The second-order valence-corrected chi connectivity index (χ2v) is 9.82. The van der Waals surface area contributed by atoms with E-state index in [0.29, 0.717) is 38.7 Å². The highest BCUT2D eigenvalue weighted by atomic mass is 32.2. The van der Waals surface area contributed by atoms with Crippen LogP contribution in [0.15, 0.2) is 29.3 Å². The number of likely N-dealkylation sites (N-methyl/N-ethyl adjacent to an activating group) is 1. The van der Waals surface area contributed by atoms with E-state index in [1.165, 1.54) is 0 Å². The average molecular weight is 445 g/mol. The number of nitrogens with zero attached hydrogens (tertiary/aromatic N) is 3. The van der Waals surface area contributed by atoms with Crippen LogP contribution < -0.4 is 14.8 Å². The molecule has 1 aliphatic heterocycles. The van der Waals surface area contributed by atoms with Crippen molar-refractivity contribution in [1.82, 2.24) is 14.5 Å². The van der Waals surface area contributed by atoms with Crippen LogP contribution in [0.4, 0.5) is 0 Å². The molecule has 0 aromatic heterocycles. The molecule has 1 aromatic rings. The summed E-state index contributed by atoms with van der Waals surface area (Å²) in [6.07, 6.45) is 0. The van der Waals surface area contributed by atoms with E-state index in [1.54, 1.807) is 23.2 Å². The van der Waals surface area contributed by atoms with Crippen molar-refractivity contribution in [3.63, 3.8) is 0 Å². The van der Waals surface area contributed by atoms with Crippen molar-refractivity contribution in [3.8, 4) is 11.5 Å². The highest BCUT2D eigenvalue weighted by Crippen LogP contribution is 2.17. The van der Waals surface area contributed by atoms with Gasteiger partial charge in [0.15, 0.2) is 5.96 Å². The lowest BCUT2D eigenvalue weighted by atomic mass is 10.3. The Morgan fingerprint density at radius 2 is 1.90 bits per heavy atom. The SMILES string of the molecule is CCNC(=NCCS(=O)(=O)N1CCSCC1)N(C)CCOc1ccc(OC)cc1. The van der Waals surface area contributed by atoms with Crippen molar-refractivity contribution in [2.75, 3.05) is 70.7 Å². The number of sulfonamides is 1. The Bertz CT molecular complexity index is 735. The number of aliphatic imine (C=N–C) groups is 1. The van der Waals surface area contributed by atoms with Gasteiger partial charge in [-0.3, -0.25) is 4.99 Å². The van der Waals surface area contributed by atoms with Gasteiger partial charge in [-0.1, -0.05) is 0 Å². The van der Waals surface area contributed by atoms with E-state index in [-0.39, 0.29) is 12.3 Å². The molecule has 29 heavy (non-hydrogen) atoms. The topological polar surface area (TPSA) is 83.5 Å². The van der Waals surface area contributed by atoms with E-state index in [0.717, 1.165) is 23.0 Å². The molecule has 2 rings (SSSR count). The number of methoxy groups -OCH3 is 1. The molecule has 0 bridgehead atoms. The van der Waals surface area contributed by atoms with Crippen LogP contribution in [-0.4, -0.2) is 94.3 Å². The third kappa shape index (κ3) is 7.94. The maximum atomic E-state index is 12.5. The first-order valence-corrected chi connectivity index (χ1v) is 12.5. The molecule has 8 nitrogen and oxygen atoms in total. The van der Waals surface area contributed by atoms with E-state index < -0.39 is 10.0 Å². The molecule has 1 saturated heterocycles. The number of thioether (sulfide) groups is 1. The Hall–Kier alpha value is -1.65. The molecule has 1 fully saturated rings. The molecule has 1 aliphatic rings. The zero-order chi connectivity index (χ0) is 21.1. The first-order chi connectivity index (χ1) is 14.0. The standard InChI is InChI=1S/C19H32N4O4S2/c1-4-20-19(21-9-16-29(24,25)23-11-14-28-15-12-23)22(2)10-13-27-18-7-5-17(26-3)6-8-18/h5-8H,4,9-16H2,1-3H3,(H,20,21). The van der Waals surface area contributed by atoms with Crippen molar-refractivity contribution >= 4 is 27.7 Å². The van der Waals surface area contributed by atoms with E-state index in [9.17, 15) is 8.42 Å². The normalized spacial score (nSPS) is 15.8. The third-order valence-electron chi connectivity index (χ3n) is 4.43. The smallest absolute Gasteiger partial charge is 0.215 e. The summed E-state index contributed by atoms with van der Waals surface area (Å²) < 4.78 is 37.4. The summed E-state index contributed by atoms with van der Waals surface area (Å²) in [4.78, 5) is 6.43. The molecular formula is C19H32N4O4S2. The van der Waals surface area contributed by atoms with Gasteiger partial charge in [0.25, 0.3) is 0 Å². The van der Waals surface area contributed by atoms with Gasteiger partial charge in [-0.25, -0.2) is 12.7 Å². The number of hydrogen-bond acceptors (Lipinski definition) is 6.